The van der Waals surface area contributed by atoms with Crippen molar-refractivity contribution in [3.63, 3.8) is 0 Å². The van der Waals surface area contributed by atoms with E-state index in [2.05, 4.69) is 16.4 Å². The Bertz CT molecular complexity index is 596. The average molecular weight is 258 g/mol. The Morgan fingerprint density at radius 2 is 2.16 bits per heavy atom. The van der Waals surface area contributed by atoms with E-state index in [9.17, 15) is 4.79 Å². The Morgan fingerprint density at radius 3 is 2.84 bits per heavy atom. The van der Waals surface area contributed by atoms with Crippen molar-refractivity contribution in [3.8, 4) is 0 Å². The van der Waals surface area contributed by atoms with Crippen molar-refractivity contribution in [2.45, 2.75) is 32.7 Å². The van der Waals surface area contributed by atoms with Crippen LogP contribution in [0.5, 0.6) is 0 Å². The van der Waals surface area contributed by atoms with Gasteiger partial charge < -0.3 is 10.4 Å². The zero-order valence-corrected chi connectivity index (χ0v) is 11.2. The fourth-order valence-electron chi connectivity index (χ4n) is 2.07. The standard InChI is InChI=1S/C15H18N2O2/c1-3-12(9-14(18)19)16-15-10(2)8-11-6-4-5-7-13(11)17-15/h4-8,12H,3,9H2,1-2H3,(H,16,17)(H,18,19). The van der Waals surface area contributed by atoms with Gasteiger partial charge in [0.2, 0.25) is 0 Å². The molecule has 0 bridgehead atoms. The maximum absolute atomic E-state index is 10.8. The first-order chi connectivity index (χ1) is 9.10. The van der Waals surface area contributed by atoms with Gasteiger partial charge in [0.25, 0.3) is 0 Å². The summed E-state index contributed by atoms with van der Waals surface area (Å²) < 4.78 is 0. The lowest BCUT2D eigenvalue weighted by molar-refractivity contribution is -0.137. The van der Waals surface area contributed by atoms with Gasteiger partial charge in [-0.15, -0.1) is 0 Å². The largest absolute Gasteiger partial charge is 0.481 e. The predicted octanol–water partition coefficient (Wildman–Crippen LogP) is 3.21. The highest BCUT2D eigenvalue weighted by Crippen LogP contribution is 2.21. The van der Waals surface area contributed by atoms with Crippen molar-refractivity contribution in [2.24, 2.45) is 0 Å². The summed E-state index contributed by atoms with van der Waals surface area (Å²) in [7, 11) is 0. The van der Waals surface area contributed by atoms with Crippen molar-refractivity contribution in [1.82, 2.24) is 4.98 Å². The van der Waals surface area contributed by atoms with Crippen LogP contribution in [0, 0.1) is 6.92 Å². The van der Waals surface area contributed by atoms with Gasteiger partial charge in [0, 0.05) is 11.4 Å². The molecule has 0 aliphatic heterocycles. The molecule has 0 aliphatic carbocycles. The minimum absolute atomic E-state index is 0.0927. The normalized spacial score (nSPS) is 12.3. The van der Waals surface area contributed by atoms with Gasteiger partial charge in [-0.05, 0) is 31.0 Å². The van der Waals surface area contributed by atoms with E-state index in [4.69, 9.17) is 5.11 Å². The monoisotopic (exact) mass is 258 g/mol. The zero-order valence-electron chi connectivity index (χ0n) is 11.2. The molecule has 1 unspecified atom stereocenters. The molecular formula is C15H18N2O2. The Labute approximate surface area is 112 Å². The highest BCUT2D eigenvalue weighted by atomic mass is 16.4. The summed E-state index contributed by atoms with van der Waals surface area (Å²) in [5.74, 6) is -0.0235. The molecule has 100 valence electrons. The van der Waals surface area contributed by atoms with Crippen LogP contribution in [0.25, 0.3) is 10.9 Å². The van der Waals surface area contributed by atoms with Crippen LogP contribution in [0.3, 0.4) is 0 Å². The highest BCUT2D eigenvalue weighted by molar-refractivity contribution is 5.81. The molecule has 1 aromatic carbocycles. The van der Waals surface area contributed by atoms with Gasteiger partial charge in [-0.25, -0.2) is 4.98 Å². The number of nitrogens with zero attached hydrogens (tertiary/aromatic N) is 1. The van der Waals surface area contributed by atoms with Crippen LogP contribution < -0.4 is 5.32 Å². The SMILES string of the molecule is CCC(CC(=O)O)Nc1nc2ccccc2cc1C. The molecule has 1 aromatic heterocycles. The second-order valence-corrected chi connectivity index (χ2v) is 4.69. The van der Waals surface area contributed by atoms with Gasteiger partial charge in [0.15, 0.2) is 0 Å². The molecule has 2 N–H and O–H groups in total. The average Bonchev–Trinajstić information content (AvgIpc) is 2.38. The second kappa shape index (κ2) is 5.69. The maximum Gasteiger partial charge on any atom is 0.305 e. The minimum Gasteiger partial charge on any atom is -0.481 e. The molecular weight excluding hydrogens is 240 g/mol. The van der Waals surface area contributed by atoms with Gasteiger partial charge in [-0.3, -0.25) is 4.79 Å². The fourth-order valence-corrected chi connectivity index (χ4v) is 2.07. The summed E-state index contributed by atoms with van der Waals surface area (Å²) in [6, 6.07) is 9.88. The molecule has 2 rings (SSSR count). The van der Waals surface area contributed by atoms with Crippen molar-refractivity contribution >= 4 is 22.7 Å². The second-order valence-electron chi connectivity index (χ2n) is 4.69. The lowest BCUT2D eigenvalue weighted by Crippen LogP contribution is -2.23. The van der Waals surface area contributed by atoms with Crippen LogP contribution in [-0.4, -0.2) is 22.1 Å². The van der Waals surface area contributed by atoms with Crippen LogP contribution in [-0.2, 0) is 4.79 Å². The fraction of sp³-hybridized carbons (Fsp3) is 0.333. The summed E-state index contributed by atoms with van der Waals surface area (Å²) in [5.41, 5.74) is 1.95. The number of carbonyl (C=O) groups is 1. The highest BCUT2D eigenvalue weighted by Gasteiger charge is 2.13. The van der Waals surface area contributed by atoms with Crippen molar-refractivity contribution in [1.29, 1.82) is 0 Å². The quantitative estimate of drug-likeness (QED) is 0.864. The number of carboxylic acid groups (broad SMARTS) is 1. The van der Waals surface area contributed by atoms with E-state index in [1.807, 2.05) is 38.1 Å². The van der Waals surface area contributed by atoms with Crippen LogP contribution in [0.15, 0.2) is 30.3 Å². The number of carboxylic acids is 1. The first-order valence-electron chi connectivity index (χ1n) is 6.45. The van der Waals surface area contributed by atoms with Crippen molar-refractivity contribution < 1.29 is 9.90 Å². The summed E-state index contributed by atoms with van der Waals surface area (Å²) in [6.45, 7) is 3.95. The Balaban J connectivity index is 2.28. The van der Waals surface area contributed by atoms with Gasteiger partial charge in [0.05, 0.1) is 11.9 Å². The number of hydrogen-bond donors (Lipinski definition) is 2. The van der Waals surface area contributed by atoms with Crippen LogP contribution in [0.4, 0.5) is 5.82 Å². The van der Waals surface area contributed by atoms with Crippen molar-refractivity contribution in [3.05, 3.63) is 35.9 Å². The van der Waals surface area contributed by atoms with Gasteiger partial charge in [-0.1, -0.05) is 25.1 Å². The molecule has 4 heteroatoms. The topological polar surface area (TPSA) is 62.2 Å². The number of benzene rings is 1. The van der Waals surface area contributed by atoms with E-state index in [0.29, 0.717) is 0 Å². The van der Waals surface area contributed by atoms with Gasteiger partial charge in [0.1, 0.15) is 5.82 Å². The summed E-state index contributed by atoms with van der Waals surface area (Å²) in [5, 5.41) is 13.2. The third-order valence-corrected chi connectivity index (χ3v) is 3.17. The summed E-state index contributed by atoms with van der Waals surface area (Å²) in [6.07, 6.45) is 0.852. The number of rotatable bonds is 5. The number of aromatic nitrogens is 1. The molecule has 1 atom stereocenters. The molecule has 0 saturated carbocycles. The molecule has 0 radical (unpaired) electrons. The number of aryl methyl sites for hydroxylation is 1. The zero-order chi connectivity index (χ0) is 13.8. The lowest BCUT2D eigenvalue weighted by Gasteiger charge is -2.17. The Kier molecular flexibility index (Phi) is 4.00. The summed E-state index contributed by atoms with van der Waals surface area (Å²) in [4.78, 5) is 15.4. The van der Waals surface area contributed by atoms with E-state index in [1.165, 1.54) is 0 Å². The number of hydrogen-bond acceptors (Lipinski definition) is 3. The van der Waals surface area contributed by atoms with E-state index < -0.39 is 5.97 Å². The first-order valence-corrected chi connectivity index (χ1v) is 6.45. The summed E-state index contributed by atoms with van der Waals surface area (Å²) >= 11 is 0. The number of anilines is 1. The molecule has 0 fully saturated rings. The van der Waals surface area contributed by atoms with Gasteiger partial charge >= 0.3 is 5.97 Å². The van der Waals surface area contributed by atoms with Gasteiger partial charge in [-0.2, -0.15) is 0 Å². The number of nitrogens with one attached hydrogen (secondary N) is 1. The molecule has 0 spiro atoms. The third kappa shape index (κ3) is 3.22. The van der Waals surface area contributed by atoms with E-state index in [-0.39, 0.29) is 12.5 Å². The third-order valence-electron chi connectivity index (χ3n) is 3.17. The number of fused-ring (bicyclic) bond motifs is 1. The molecule has 0 aliphatic rings. The molecule has 0 amide bonds. The van der Waals surface area contributed by atoms with Crippen LogP contribution in [0.1, 0.15) is 25.3 Å². The van der Waals surface area contributed by atoms with E-state index in [0.717, 1.165) is 28.7 Å². The maximum atomic E-state index is 10.8. The molecule has 19 heavy (non-hydrogen) atoms. The number of pyridine rings is 1. The number of para-hydroxylation sites is 1. The predicted molar refractivity (Wildman–Crippen MR) is 76.4 cm³/mol. The van der Waals surface area contributed by atoms with Crippen molar-refractivity contribution in [2.75, 3.05) is 5.32 Å². The van der Waals surface area contributed by atoms with Crippen LogP contribution >= 0.6 is 0 Å². The number of aliphatic carboxylic acids is 1. The molecule has 2 aromatic rings. The smallest absolute Gasteiger partial charge is 0.305 e. The van der Waals surface area contributed by atoms with E-state index >= 15 is 0 Å². The minimum atomic E-state index is -0.794. The lowest BCUT2D eigenvalue weighted by atomic mass is 10.1. The Morgan fingerprint density at radius 1 is 1.42 bits per heavy atom. The molecule has 4 nitrogen and oxygen atoms in total. The van der Waals surface area contributed by atoms with E-state index in [1.54, 1.807) is 0 Å². The first kappa shape index (κ1) is 13.3. The van der Waals surface area contributed by atoms with Crippen LogP contribution in [0.2, 0.25) is 0 Å². The Hall–Kier alpha value is -2.10. The molecule has 0 saturated heterocycles. The molecule has 1 heterocycles.